The van der Waals surface area contributed by atoms with Gasteiger partial charge in [-0.15, -0.1) is 0 Å². The Labute approximate surface area is 128 Å². The first-order valence-electron chi connectivity index (χ1n) is 7.37. The topological polar surface area (TPSA) is 42.2 Å². The van der Waals surface area contributed by atoms with Crippen LogP contribution in [0.25, 0.3) is 16.8 Å². The molecule has 1 heterocycles. The van der Waals surface area contributed by atoms with Crippen molar-refractivity contribution in [3.05, 3.63) is 71.7 Å². The number of amides is 1. The lowest BCUT2D eigenvalue weighted by molar-refractivity contribution is -0.111. The molecule has 0 atom stereocenters. The number of aryl methyl sites for hydroxylation is 2. The van der Waals surface area contributed by atoms with Crippen LogP contribution in [0, 0.1) is 0 Å². The highest BCUT2D eigenvalue weighted by atomic mass is 16.3. The first-order valence-corrected chi connectivity index (χ1v) is 7.37. The summed E-state index contributed by atoms with van der Waals surface area (Å²) in [6, 6.07) is 14.0. The summed E-state index contributed by atoms with van der Waals surface area (Å²) in [6.45, 7) is 0. The van der Waals surface area contributed by atoms with Gasteiger partial charge in [0.25, 0.3) is 0 Å². The lowest BCUT2D eigenvalue weighted by atomic mass is 10.0. The van der Waals surface area contributed by atoms with Crippen molar-refractivity contribution in [1.29, 1.82) is 0 Å². The lowest BCUT2D eigenvalue weighted by Gasteiger charge is -2.09. The van der Waals surface area contributed by atoms with E-state index in [0.29, 0.717) is 5.76 Å². The van der Waals surface area contributed by atoms with E-state index in [1.165, 1.54) is 22.6 Å². The Morgan fingerprint density at radius 3 is 2.73 bits per heavy atom. The van der Waals surface area contributed by atoms with E-state index in [1.54, 1.807) is 18.4 Å². The van der Waals surface area contributed by atoms with Gasteiger partial charge >= 0.3 is 0 Å². The number of nitrogens with one attached hydrogen (secondary N) is 1. The monoisotopic (exact) mass is 289 g/mol. The Morgan fingerprint density at radius 2 is 1.91 bits per heavy atom. The van der Waals surface area contributed by atoms with Crippen molar-refractivity contribution in [3.63, 3.8) is 0 Å². The number of hydrogen-bond donors (Lipinski definition) is 1. The van der Waals surface area contributed by atoms with Gasteiger partial charge in [-0.3, -0.25) is 4.79 Å². The molecule has 3 aromatic rings. The molecule has 0 radical (unpaired) electrons. The summed E-state index contributed by atoms with van der Waals surface area (Å²) in [6.07, 6.45) is 6.91. The number of benzene rings is 2. The summed E-state index contributed by atoms with van der Waals surface area (Å²) >= 11 is 0. The van der Waals surface area contributed by atoms with Crippen LogP contribution < -0.4 is 5.32 Å². The molecule has 1 N–H and O–H groups in total. The zero-order valence-electron chi connectivity index (χ0n) is 12.0. The summed E-state index contributed by atoms with van der Waals surface area (Å²) in [7, 11) is 0. The Morgan fingerprint density at radius 1 is 1.05 bits per heavy atom. The van der Waals surface area contributed by atoms with Crippen molar-refractivity contribution in [1.82, 2.24) is 0 Å². The Bertz CT molecular complexity index is 866. The second kappa shape index (κ2) is 5.19. The van der Waals surface area contributed by atoms with Gasteiger partial charge in [-0.1, -0.05) is 24.3 Å². The largest absolute Gasteiger partial charge is 0.465 e. The SMILES string of the molecule is O=C(/C=C\c1ccco1)Nc1ccc2c3c(cccc13)CC2. The van der Waals surface area contributed by atoms with Crippen LogP contribution in [0.15, 0.2) is 59.2 Å². The van der Waals surface area contributed by atoms with Gasteiger partial charge < -0.3 is 9.73 Å². The normalized spacial score (nSPS) is 13.1. The first kappa shape index (κ1) is 12.9. The smallest absolute Gasteiger partial charge is 0.248 e. The van der Waals surface area contributed by atoms with Crippen molar-refractivity contribution in [2.75, 3.05) is 5.32 Å². The zero-order valence-corrected chi connectivity index (χ0v) is 12.0. The van der Waals surface area contributed by atoms with Gasteiger partial charge in [0, 0.05) is 17.1 Å². The van der Waals surface area contributed by atoms with E-state index in [1.807, 2.05) is 12.1 Å². The van der Waals surface area contributed by atoms with Gasteiger partial charge in [-0.25, -0.2) is 0 Å². The molecule has 4 rings (SSSR count). The molecule has 0 saturated heterocycles. The van der Waals surface area contributed by atoms with Crippen LogP contribution >= 0.6 is 0 Å². The molecule has 1 aliphatic rings. The fourth-order valence-electron chi connectivity index (χ4n) is 3.07. The van der Waals surface area contributed by atoms with Crippen molar-refractivity contribution < 1.29 is 9.21 Å². The van der Waals surface area contributed by atoms with E-state index in [-0.39, 0.29) is 5.91 Å². The van der Waals surface area contributed by atoms with E-state index in [0.717, 1.165) is 23.9 Å². The lowest BCUT2D eigenvalue weighted by Crippen LogP contribution is -2.08. The van der Waals surface area contributed by atoms with E-state index in [2.05, 4.69) is 29.6 Å². The maximum atomic E-state index is 12.1. The zero-order chi connectivity index (χ0) is 14.9. The predicted octanol–water partition coefficient (Wildman–Crippen LogP) is 4.18. The average Bonchev–Trinajstić information content (AvgIpc) is 3.19. The van der Waals surface area contributed by atoms with E-state index in [9.17, 15) is 4.79 Å². The van der Waals surface area contributed by atoms with Crippen LogP contribution in [0.2, 0.25) is 0 Å². The minimum Gasteiger partial charge on any atom is -0.465 e. The van der Waals surface area contributed by atoms with Crippen LogP contribution in [-0.2, 0) is 17.6 Å². The molecule has 3 heteroatoms. The van der Waals surface area contributed by atoms with Crippen LogP contribution in [0.4, 0.5) is 5.69 Å². The number of rotatable bonds is 3. The quantitative estimate of drug-likeness (QED) is 0.735. The van der Waals surface area contributed by atoms with Crippen LogP contribution in [0.5, 0.6) is 0 Å². The number of anilines is 1. The molecule has 0 bridgehead atoms. The molecule has 0 aliphatic heterocycles. The van der Waals surface area contributed by atoms with Crippen molar-refractivity contribution in [3.8, 4) is 0 Å². The molecule has 1 amide bonds. The Hall–Kier alpha value is -2.81. The van der Waals surface area contributed by atoms with Gasteiger partial charge in [-0.05, 0) is 53.6 Å². The molecule has 108 valence electrons. The fourth-order valence-corrected chi connectivity index (χ4v) is 3.07. The molecule has 0 spiro atoms. The summed E-state index contributed by atoms with van der Waals surface area (Å²) < 4.78 is 5.18. The van der Waals surface area contributed by atoms with Gasteiger partial charge in [-0.2, -0.15) is 0 Å². The molecular formula is C19H15NO2. The average molecular weight is 289 g/mol. The molecule has 0 fully saturated rings. The second-order valence-corrected chi connectivity index (χ2v) is 5.45. The van der Waals surface area contributed by atoms with Gasteiger partial charge in [0.2, 0.25) is 5.91 Å². The molecule has 3 nitrogen and oxygen atoms in total. The number of carbonyl (C=O) groups excluding carboxylic acids is 1. The summed E-state index contributed by atoms with van der Waals surface area (Å²) in [5.74, 6) is 0.505. The van der Waals surface area contributed by atoms with Crippen LogP contribution in [0.1, 0.15) is 16.9 Å². The predicted molar refractivity (Wildman–Crippen MR) is 87.7 cm³/mol. The Balaban J connectivity index is 1.64. The second-order valence-electron chi connectivity index (χ2n) is 5.45. The van der Waals surface area contributed by atoms with Crippen molar-refractivity contribution in [2.45, 2.75) is 12.8 Å². The molecule has 0 unspecified atom stereocenters. The van der Waals surface area contributed by atoms with E-state index >= 15 is 0 Å². The maximum absolute atomic E-state index is 12.1. The number of furan rings is 1. The standard InChI is InChI=1S/C19H15NO2/c21-18(11-9-15-4-2-12-22-15)20-17-10-8-14-7-6-13-3-1-5-16(17)19(13)14/h1-5,8-12H,6-7H2,(H,20,21)/b11-9-. The molecular weight excluding hydrogens is 274 g/mol. The third kappa shape index (κ3) is 2.21. The molecule has 2 aromatic carbocycles. The molecule has 1 aliphatic carbocycles. The molecule has 22 heavy (non-hydrogen) atoms. The number of carbonyl (C=O) groups is 1. The fraction of sp³-hybridized carbons (Fsp3) is 0.105. The van der Waals surface area contributed by atoms with Gasteiger partial charge in [0.05, 0.1) is 6.26 Å². The molecule has 0 saturated carbocycles. The minimum absolute atomic E-state index is 0.157. The minimum atomic E-state index is -0.157. The van der Waals surface area contributed by atoms with E-state index < -0.39 is 0 Å². The first-order chi connectivity index (χ1) is 10.8. The highest BCUT2D eigenvalue weighted by Gasteiger charge is 2.16. The molecule has 1 aromatic heterocycles. The van der Waals surface area contributed by atoms with E-state index in [4.69, 9.17) is 4.42 Å². The third-order valence-electron chi connectivity index (χ3n) is 4.08. The number of hydrogen-bond acceptors (Lipinski definition) is 2. The van der Waals surface area contributed by atoms with Crippen molar-refractivity contribution in [2.24, 2.45) is 0 Å². The highest BCUT2D eigenvalue weighted by molar-refractivity contribution is 6.09. The van der Waals surface area contributed by atoms with Gasteiger partial charge in [0.1, 0.15) is 5.76 Å². The van der Waals surface area contributed by atoms with Crippen LogP contribution in [0.3, 0.4) is 0 Å². The van der Waals surface area contributed by atoms with Crippen LogP contribution in [-0.4, -0.2) is 5.91 Å². The maximum Gasteiger partial charge on any atom is 0.248 e. The Kier molecular flexibility index (Phi) is 3.04. The van der Waals surface area contributed by atoms with Gasteiger partial charge in [0.15, 0.2) is 0 Å². The summed E-state index contributed by atoms with van der Waals surface area (Å²) in [4.78, 5) is 12.1. The highest BCUT2D eigenvalue weighted by Crippen LogP contribution is 2.34. The summed E-state index contributed by atoms with van der Waals surface area (Å²) in [5, 5.41) is 5.38. The summed E-state index contributed by atoms with van der Waals surface area (Å²) in [5.41, 5.74) is 3.60. The van der Waals surface area contributed by atoms with Crippen molar-refractivity contribution >= 4 is 28.4 Å². The third-order valence-corrected chi connectivity index (χ3v) is 4.08.